The summed E-state index contributed by atoms with van der Waals surface area (Å²) < 4.78 is 12.1. The zero-order valence-electron chi connectivity index (χ0n) is 27.4. The summed E-state index contributed by atoms with van der Waals surface area (Å²) in [5.41, 5.74) is 4.96. The number of rotatable bonds is 11. The van der Waals surface area contributed by atoms with E-state index in [0.29, 0.717) is 50.7 Å². The molecule has 0 bridgehead atoms. The van der Waals surface area contributed by atoms with Crippen LogP contribution in [0.1, 0.15) is 31.4 Å². The van der Waals surface area contributed by atoms with Gasteiger partial charge in [-0.1, -0.05) is 61.5 Å². The first kappa shape index (κ1) is 33.6. The van der Waals surface area contributed by atoms with Crippen molar-refractivity contribution in [2.24, 2.45) is 5.92 Å². The van der Waals surface area contributed by atoms with E-state index in [2.05, 4.69) is 65.5 Å². The van der Waals surface area contributed by atoms with Gasteiger partial charge in [-0.2, -0.15) is 0 Å². The lowest BCUT2D eigenvalue weighted by Crippen LogP contribution is -2.47. The van der Waals surface area contributed by atoms with Gasteiger partial charge in [0.15, 0.2) is 0 Å². The predicted octanol–water partition coefficient (Wildman–Crippen LogP) is 4.30. The Hall–Kier alpha value is -3.76. The lowest BCUT2D eigenvalue weighted by Gasteiger charge is -2.34. The third-order valence-corrected chi connectivity index (χ3v) is 8.96. The molecule has 0 aliphatic carbocycles. The number of aliphatic hydroxyl groups excluding tert-OH is 1. The van der Waals surface area contributed by atoms with E-state index in [-0.39, 0.29) is 42.9 Å². The van der Waals surface area contributed by atoms with Gasteiger partial charge in [0.2, 0.25) is 11.8 Å². The van der Waals surface area contributed by atoms with E-state index in [0.717, 1.165) is 25.2 Å². The minimum Gasteiger partial charge on any atom is -0.488 e. The number of likely N-dealkylation sites (N-methyl/N-ethyl adjacent to an activating group) is 1. The first-order chi connectivity index (χ1) is 22.3. The number of fused-ring (bicyclic) bond motifs is 1. The summed E-state index contributed by atoms with van der Waals surface area (Å²) in [5.74, 6) is 0.519. The number of anilines is 1. The summed E-state index contributed by atoms with van der Waals surface area (Å²) >= 11 is 0. The molecule has 2 heterocycles. The molecule has 0 aromatic heterocycles. The maximum Gasteiger partial charge on any atom is 0.227 e. The van der Waals surface area contributed by atoms with Gasteiger partial charge in [-0.3, -0.25) is 19.4 Å². The van der Waals surface area contributed by atoms with Crippen LogP contribution < -0.4 is 10.1 Å². The number of benzene rings is 3. The van der Waals surface area contributed by atoms with Gasteiger partial charge in [-0.25, -0.2) is 0 Å². The molecule has 3 atom stereocenters. The Bertz CT molecular complexity index is 1430. The molecule has 0 saturated carbocycles. The second-order valence-electron chi connectivity index (χ2n) is 12.7. The fourth-order valence-corrected chi connectivity index (χ4v) is 6.15. The van der Waals surface area contributed by atoms with Gasteiger partial charge in [0, 0.05) is 62.9 Å². The summed E-state index contributed by atoms with van der Waals surface area (Å²) in [6, 6.07) is 24.3. The van der Waals surface area contributed by atoms with Crippen LogP contribution in [0.25, 0.3) is 11.1 Å². The average molecular weight is 629 g/mol. The van der Waals surface area contributed by atoms with E-state index in [9.17, 15) is 14.7 Å². The molecule has 0 spiro atoms. The van der Waals surface area contributed by atoms with Crippen molar-refractivity contribution < 1.29 is 24.2 Å². The first-order valence-electron chi connectivity index (χ1n) is 16.4. The molecule has 1 saturated heterocycles. The van der Waals surface area contributed by atoms with Crippen LogP contribution in [-0.2, 0) is 27.3 Å². The topological polar surface area (TPSA) is 94.6 Å². The monoisotopic (exact) mass is 628 g/mol. The fourth-order valence-electron chi connectivity index (χ4n) is 6.15. The van der Waals surface area contributed by atoms with Crippen molar-refractivity contribution in [3.63, 3.8) is 0 Å². The highest BCUT2D eigenvalue weighted by Gasteiger charge is 2.31. The van der Waals surface area contributed by atoms with Crippen molar-refractivity contribution in [3.8, 4) is 16.9 Å². The van der Waals surface area contributed by atoms with Crippen molar-refractivity contribution in [2.75, 3.05) is 64.9 Å². The molecular formula is C37H48N4O5. The lowest BCUT2D eigenvalue weighted by atomic mass is 10.0. The standard InChI is InChI=1S/C37H48N4O5/c1-27-23-41(28(2)26-42)37(44)22-32-21-33(38-36(43)15-16-40-17-19-45-20-18-40)13-14-34(32)46-35(27)25-39(3)24-29-9-11-31(12-10-29)30-7-5-4-6-8-30/h4-14,21,27-28,35,42H,15-20,22-26H2,1-3H3,(H,38,43)/t27-,28+,35+/m1/s1. The van der Waals surface area contributed by atoms with E-state index in [1.165, 1.54) is 16.7 Å². The molecule has 3 aromatic rings. The normalized spacial score (nSPS) is 19.8. The Morgan fingerprint density at radius 1 is 1.04 bits per heavy atom. The first-order valence-corrected chi connectivity index (χ1v) is 16.4. The third kappa shape index (κ3) is 9.16. The smallest absolute Gasteiger partial charge is 0.227 e. The Balaban J connectivity index is 1.29. The van der Waals surface area contributed by atoms with Crippen LogP contribution in [0.2, 0.25) is 0 Å². The molecule has 46 heavy (non-hydrogen) atoms. The summed E-state index contributed by atoms with van der Waals surface area (Å²) in [5, 5.41) is 13.0. The number of carbonyl (C=O) groups is 2. The molecule has 5 rings (SSSR count). The fraction of sp³-hybridized carbons (Fsp3) is 0.459. The van der Waals surface area contributed by atoms with E-state index >= 15 is 0 Å². The number of nitrogens with zero attached hydrogens (tertiary/aromatic N) is 3. The van der Waals surface area contributed by atoms with Crippen LogP contribution in [-0.4, -0.2) is 103 Å². The van der Waals surface area contributed by atoms with Crippen molar-refractivity contribution in [1.82, 2.24) is 14.7 Å². The molecule has 2 N–H and O–H groups in total. The summed E-state index contributed by atoms with van der Waals surface area (Å²) in [6.45, 7) is 9.48. The molecule has 2 amide bonds. The Morgan fingerprint density at radius 3 is 2.48 bits per heavy atom. The minimum atomic E-state index is -0.318. The van der Waals surface area contributed by atoms with Gasteiger partial charge < -0.3 is 24.8 Å². The molecule has 9 heteroatoms. The highest BCUT2D eigenvalue weighted by Crippen LogP contribution is 2.29. The second kappa shape index (κ2) is 16.2. The number of morpholine rings is 1. The number of hydrogen-bond donors (Lipinski definition) is 2. The van der Waals surface area contributed by atoms with E-state index in [4.69, 9.17) is 9.47 Å². The second-order valence-corrected chi connectivity index (χ2v) is 12.7. The van der Waals surface area contributed by atoms with Gasteiger partial charge in [-0.15, -0.1) is 0 Å². The van der Waals surface area contributed by atoms with Gasteiger partial charge in [-0.05, 0) is 48.9 Å². The van der Waals surface area contributed by atoms with Gasteiger partial charge in [0.05, 0.1) is 32.3 Å². The summed E-state index contributed by atoms with van der Waals surface area (Å²) in [4.78, 5) is 32.6. The minimum absolute atomic E-state index is 0.00590. The van der Waals surface area contributed by atoms with E-state index < -0.39 is 0 Å². The molecule has 2 aliphatic heterocycles. The van der Waals surface area contributed by atoms with Crippen LogP contribution in [0.5, 0.6) is 5.75 Å². The largest absolute Gasteiger partial charge is 0.488 e. The zero-order valence-corrected chi connectivity index (χ0v) is 27.4. The number of hydrogen-bond acceptors (Lipinski definition) is 7. The van der Waals surface area contributed by atoms with Crippen molar-refractivity contribution in [1.29, 1.82) is 0 Å². The predicted molar refractivity (Wildman–Crippen MR) is 181 cm³/mol. The van der Waals surface area contributed by atoms with Crippen LogP contribution >= 0.6 is 0 Å². The maximum atomic E-state index is 13.6. The van der Waals surface area contributed by atoms with Crippen LogP contribution in [0.4, 0.5) is 5.69 Å². The van der Waals surface area contributed by atoms with Gasteiger partial charge >= 0.3 is 0 Å². The number of amides is 2. The average Bonchev–Trinajstić information content (AvgIpc) is 3.11. The zero-order chi connectivity index (χ0) is 32.5. The van der Waals surface area contributed by atoms with E-state index in [1.54, 1.807) is 4.90 Å². The maximum absolute atomic E-state index is 13.6. The lowest BCUT2D eigenvalue weighted by molar-refractivity contribution is -0.134. The van der Waals surface area contributed by atoms with Crippen molar-refractivity contribution >= 4 is 17.5 Å². The van der Waals surface area contributed by atoms with Crippen LogP contribution in [0, 0.1) is 5.92 Å². The number of aliphatic hydroxyl groups is 1. The van der Waals surface area contributed by atoms with Gasteiger partial charge in [0.25, 0.3) is 0 Å². The molecule has 2 aliphatic rings. The number of nitrogens with one attached hydrogen (secondary N) is 1. The molecule has 246 valence electrons. The van der Waals surface area contributed by atoms with Crippen molar-refractivity contribution in [3.05, 3.63) is 83.9 Å². The molecule has 3 aromatic carbocycles. The molecule has 1 fully saturated rings. The quantitative estimate of drug-likeness (QED) is 0.327. The highest BCUT2D eigenvalue weighted by atomic mass is 16.5. The molecule has 9 nitrogen and oxygen atoms in total. The molecule has 0 unspecified atom stereocenters. The Morgan fingerprint density at radius 2 is 1.76 bits per heavy atom. The SMILES string of the molecule is C[C@@H]1CN([C@@H](C)CO)C(=O)Cc2cc(NC(=O)CCN3CCOCC3)ccc2O[C@H]1CN(C)Cc1ccc(-c2ccccc2)cc1. The number of carbonyl (C=O) groups excluding carboxylic acids is 2. The highest BCUT2D eigenvalue weighted by molar-refractivity contribution is 5.91. The van der Waals surface area contributed by atoms with Crippen molar-refractivity contribution in [2.45, 2.75) is 45.4 Å². The third-order valence-electron chi connectivity index (χ3n) is 8.96. The molecule has 0 radical (unpaired) electrons. The van der Waals surface area contributed by atoms with Gasteiger partial charge in [0.1, 0.15) is 11.9 Å². The summed E-state index contributed by atoms with van der Waals surface area (Å²) in [7, 11) is 2.09. The Kier molecular flexibility index (Phi) is 11.8. The molecular weight excluding hydrogens is 580 g/mol. The van der Waals surface area contributed by atoms with Crippen LogP contribution in [0.3, 0.4) is 0 Å². The number of ether oxygens (including phenoxy) is 2. The Labute approximate surface area is 273 Å². The van der Waals surface area contributed by atoms with Crippen LogP contribution in [0.15, 0.2) is 72.8 Å². The van der Waals surface area contributed by atoms with E-state index in [1.807, 2.05) is 43.3 Å². The summed E-state index contributed by atoms with van der Waals surface area (Å²) in [6.07, 6.45) is 0.302.